The van der Waals surface area contributed by atoms with Crippen molar-refractivity contribution in [2.75, 3.05) is 0 Å². The van der Waals surface area contributed by atoms with Gasteiger partial charge in [0.2, 0.25) is 0 Å². The van der Waals surface area contributed by atoms with Crippen LogP contribution in [0, 0.1) is 5.21 Å². The van der Waals surface area contributed by atoms with E-state index in [2.05, 4.69) is 10.5 Å². The summed E-state index contributed by atoms with van der Waals surface area (Å²) in [6, 6.07) is 3.16. The molecule has 0 aliphatic carbocycles. The molecule has 0 aromatic carbocycles. The molecule has 16 heavy (non-hydrogen) atoms. The van der Waals surface area contributed by atoms with E-state index in [9.17, 15) is 10.0 Å². The molecule has 3 N–H and O–H groups in total. The number of hydroxylamine groups is 1. The van der Waals surface area contributed by atoms with E-state index in [1.54, 1.807) is 6.07 Å². The molecule has 0 radical (unpaired) electrons. The van der Waals surface area contributed by atoms with Gasteiger partial charge < -0.3 is 10.4 Å². The highest BCUT2D eigenvalue weighted by molar-refractivity contribution is 6.22. The van der Waals surface area contributed by atoms with Gasteiger partial charge in [-0.2, -0.15) is 15.3 Å². The summed E-state index contributed by atoms with van der Waals surface area (Å²) in [4.78, 5) is 11.5. The summed E-state index contributed by atoms with van der Waals surface area (Å²) in [5, 5.41) is 23.9. The third-order valence-electron chi connectivity index (χ3n) is 2.47. The van der Waals surface area contributed by atoms with Crippen molar-refractivity contribution in [2.24, 2.45) is 5.10 Å². The predicted molar refractivity (Wildman–Crippen MR) is 53.4 cm³/mol. The fourth-order valence-corrected chi connectivity index (χ4v) is 1.49. The first kappa shape index (κ1) is 10.5. The molecule has 1 aromatic heterocycles. The SMILES string of the molecule is CC1(NO)C(=O)NN=C1c1ccc[n+]([O-])c1. The fraction of sp³-hybridized carbons (Fsp3) is 0.222. The van der Waals surface area contributed by atoms with Crippen LogP contribution >= 0.6 is 0 Å². The maximum Gasteiger partial charge on any atom is 0.268 e. The average Bonchev–Trinajstić information content (AvgIpc) is 2.56. The summed E-state index contributed by atoms with van der Waals surface area (Å²) in [5.41, 5.74) is 3.54. The molecule has 7 nitrogen and oxygen atoms in total. The third kappa shape index (κ3) is 1.42. The Morgan fingerprint density at radius 3 is 3.06 bits per heavy atom. The first-order chi connectivity index (χ1) is 7.58. The second-order valence-electron chi connectivity index (χ2n) is 3.59. The molecule has 1 amide bonds. The highest BCUT2D eigenvalue weighted by Crippen LogP contribution is 2.17. The normalized spacial score (nSPS) is 24.1. The fourth-order valence-electron chi connectivity index (χ4n) is 1.49. The van der Waals surface area contributed by atoms with E-state index in [-0.39, 0.29) is 5.71 Å². The maximum absolute atomic E-state index is 11.5. The standard InChI is InChI=1S/C9H10N4O3/c1-9(12-15)7(10-11-8(9)14)6-3-2-4-13(16)5-6/h2-5,12,15H,1H3,(H,11,14). The monoisotopic (exact) mass is 222 g/mol. The van der Waals surface area contributed by atoms with Gasteiger partial charge in [-0.25, -0.2) is 5.43 Å². The Morgan fingerprint density at radius 2 is 2.44 bits per heavy atom. The highest BCUT2D eigenvalue weighted by Gasteiger charge is 2.44. The molecule has 1 aliphatic rings. The van der Waals surface area contributed by atoms with Crippen molar-refractivity contribution in [3.8, 4) is 0 Å². The molecule has 1 aromatic rings. The highest BCUT2D eigenvalue weighted by atomic mass is 16.5. The van der Waals surface area contributed by atoms with Gasteiger partial charge in [0, 0.05) is 6.07 Å². The summed E-state index contributed by atoms with van der Waals surface area (Å²) >= 11 is 0. The lowest BCUT2D eigenvalue weighted by Gasteiger charge is -2.20. The van der Waals surface area contributed by atoms with Gasteiger partial charge in [0.05, 0.1) is 5.56 Å². The zero-order chi connectivity index (χ0) is 11.8. The van der Waals surface area contributed by atoms with Gasteiger partial charge in [0.1, 0.15) is 5.71 Å². The summed E-state index contributed by atoms with van der Waals surface area (Å²) in [6.07, 6.45) is 2.59. The van der Waals surface area contributed by atoms with Crippen LogP contribution in [0.4, 0.5) is 0 Å². The number of hydrogen-bond acceptors (Lipinski definition) is 5. The van der Waals surface area contributed by atoms with E-state index >= 15 is 0 Å². The average molecular weight is 222 g/mol. The van der Waals surface area contributed by atoms with E-state index < -0.39 is 11.4 Å². The molecule has 0 fully saturated rings. The van der Waals surface area contributed by atoms with Gasteiger partial charge in [-0.1, -0.05) is 0 Å². The zero-order valence-electron chi connectivity index (χ0n) is 8.47. The number of nitrogens with one attached hydrogen (secondary N) is 2. The minimum atomic E-state index is -1.34. The summed E-state index contributed by atoms with van der Waals surface area (Å²) in [6.45, 7) is 1.47. The summed E-state index contributed by atoms with van der Waals surface area (Å²) in [5.74, 6) is -0.480. The molecular weight excluding hydrogens is 212 g/mol. The number of hydrazone groups is 1. The Balaban J connectivity index is 2.46. The second-order valence-corrected chi connectivity index (χ2v) is 3.59. The van der Waals surface area contributed by atoms with Crippen LogP contribution in [0.25, 0.3) is 0 Å². The first-order valence-electron chi connectivity index (χ1n) is 4.57. The van der Waals surface area contributed by atoms with E-state index in [0.717, 1.165) is 0 Å². The zero-order valence-corrected chi connectivity index (χ0v) is 8.47. The van der Waals surface area contributed by atoms with Gasteiger partial charge >= 0.3 is 0 Å². The number of carbonyl (C=O) groups is 1. The Hall–Kier alpha value is -1.99. The number of aromatic nitrogens is 1. The molecule has 0 spiro atoms. The van der Waals surface area contributed by atoms with Crippen molar-refractivity contribution in [1.82, 2.24) is 10.9 Å². The number of pyridine rings is 1. The van der Waals surface area contributed by atoms with Crippen LogP contribution in [0.5, 0.6) is 0 Å². The topological polar surface area (TPSA) is 101 Å². The van der Waals surface area contributed by atoms with Gasteiger partial charge in [0.15, 0.2) is 17.9 Å². The lowest BCUT2D eigenvalue weighted by Crippen LogP contribution is -2.54. The minimum Gasteiger partial charge on any atom is -0.619 e. The molecule has 1 atom stereocenters. The summed E-state index contributed by atoms with van der Waals surface area (Å²) < 4.78 is 0.596. The Bertz CT molecular complexity index is 474. The van der Waals surface area contributed by atoms with Gasteiger partial charge in [-0.3, -0.25) is 4.79 Å². The third-order valence-corrected chi connectivity index (χ3v) is 2.47. The second kappa shape index (κ2) is 3.54. The molecule has 84 valence electrons. The molecule has 2 heterocycles. The number of amides is 1. The van der Waals surface area contributed by atoms with Crippen LogP contribution in [0.3, 0.4) is 0 Å². The van der Waals surface area contributed by atoms with Crippen molar-refractivity contribution in [3.05, 3.63) is 35.3 Å². The van der Waals surface area contributed by atoms with Gasteiger partial charge in [-0.15, -0.1) is 0 Å². The smallest absolute Gasteiger partial charge is 0.268 e. The van der Waals surface area contributed by atoms with Crippen molar-refractivity contribution in [2.45, 2.75) is 12.5 Å². The molecule has 2 rings (SSSR count). The number of hydrogen-bond donors (Lipinski definition) is 3. The Kier molecular flexibility index (Phi) is 2.33. The van der Waals surface area contributed by atoms with Crippen LogP contribution < -0.4 is 15.6 Å². The van der Waals surface area contributed by atoms with Crippen molar-refractivity contribution in [1.29, 1.82) is 0 Å². The maximum atomic E-state index is 11.5. The van der Waals surface area contributed by atoms with E-state index in [4.69, 9.17) is 5.21 Å². The van der Waals surface area contributed by atoms with Crippen LogP contribution in [0.2, 0.25) is 0 Å². The molecule has 0 saturated heterocycles. The van der Waals surface area contributed by atoms with Crippen LogP contribution in [-0.2, 0) is 4.79 Å². The van der Waals surface area contributed by atoms with Crippen LogP contribution in [-0.4, -0.2) is 22.4 Å². The molecule has 0 saturated carbocycles. The lowest BCUT2D eigenvalue weighted by molar-refractivity contribution is -0.605. The van der Waals surface area contributed by atoms with E-state index in [1.165, 1.54) is 25.4 Å². The minimum absolute atomic E-state index is 0.269. The van der Waals surface area contributed by atoms with Gasteiger partial charge in [0.25, 0.3) is 5.91 Å². The molecule has 1 aliphatic heterocycles. The number of rotatable bonds is 2. The Labute approximate surface area is 90.9 Å². The Morgan fingerprint density at radius 1 is 1.69 bits per heavy atom. The molecule has 1 unspecified atom stereocenters. The molecule has 0 bridgehead atoms. The lowest BCUT2D eigenvalue weighted by atomic mass is 9.92. The summed E-state index contributed by atoms with van der Waals surface area (Å²) in [7, 11) is 0. The van der Waals surface area contributed by atoms with E-state index in [0.29, 0.717) is 10.3 Å². The van der Waals surface area contributed by atoms with Crippen LogP contribution in [0.1, 0.15) is 12.5 Å². The number of carbonyl (C=O) groups excluding carboxylic acids is 1. The predicted octanol–water partition coefficient (Wildman–Crippen LogP) is -1.11. The van der Waals surface area contributed by atoms with Crippen molar-refractivity contribution >= 4 is 11.6 Å². The van der Waals surface area contributed by atoms with Gasteiger partial charge in [-0.05, 0) is 13.0 Å². The molecular formula is C9H10N4O3. The quantitative estimate of drug-likeness (QED) is 0.335. The first-order valence-corrected chi connectivity index (χ1v) is 4.57. The van der Waals surface area contributed by atoms with Crippen molar-refractivity contribution < 1.29 is 14.7 Å². The number of nitrogens with zero attached hydrogens (tertiary/aromatic N) is 2. The van der Waals surface area contributed by atoms with E-state index in [1.807, 2.05) is 5.48 Å². The molecule has 7 heteroatoms. The van der Waals surface area contributed by atoms with Crippen LogP contribution in [0.15, 0.2) is 29.6 Å². The van der Waals surface area contributed by atoms with Crippen molar-refractivity contribution in [3.63, 3.8) is 0 Å². The largest absolute Gasteiger partial charge is 0.619 e.